The highest BCUT2D eigenvalue weighted by Gasteiger charge is 2.43. The number of hydrogen-bond donors (Lipinski definition) is 1. The second kappa shape index (κ2) is 6.15. The van der Waals surface area contributed by atoms with E-state index in [1.807, 2.05) is 19.9 Å². The molecule has 0 fully saturated rings. The fourth-order valence-corrected chi connectivity index (χ4v) is 3.69. The van der Waals surface area contributed by atoms with Crippen molar-refractivity contribution in [1.82, 2.24) is 0 Å². The summed E-state index contributed by atoms with van der Waals surface area (Å²) in [4.78, 5) is 23.4. The number of ether oxygens (including phenoxy) is 1. The summed E-state index contributed by atoms with van der Waals surface area (Å²) in [5.74, 6) is -0.761. The number of ketones is 1. The van der Waals surface area contributed by atoms with Crippen LogP contribution in [0.5, 0.6) is 0 Å². The third-order valence-corrected chi connectivity index (χ3v) is 4.92. The van der Waals surface area contributed by atoms with Crippen LogP contribution in [0, 0.1) is 26.9 Å². The zero-order valence-electron chi connectivity index (χ0n) is 14.2. The lowest BCUT2D eigenvalue weighted by atomic mass is 9.70. The zero-order chi connectivity index (χ0) is 19.2. The molecule has 2 N–H and O–H groups in total. The number of benzene rings is 1. The molecule has 1 aromatic carbocycles. The third-order valence-electron chi connectivity index (χ3n) is 4.58. The zero-order valence-corrected chi connectivity index (χ0v) is 15.0. The van der Waals surface area contributed by atoms with Gasteiger partial charge in [0, 0.05) is 35.6 Å². The molecule has 0 aromatic heterocycles. The predicted molar refractivity (Wildman–Crippen MR) is 93.8 cm³/mol. The van der Waals surface area contributed by atoms with Crippen molar-refractivity contribution >= 4 is 23.1 Å². The number of rotatable bonds is 2. The van der Waals surface area contributed by atoms with Crippen LogP contribution in [0.4, 0.5) is 5.69 Å². The van der Waals surface area contributed by atoms with Gasteiger partial charge in [0.15, 0.2) is 5.78 Å². The molecule has 0 unspecified atom stereocenters. The molecule has 1 aromatic rings. The summed E-state index contributed by atoms with van der Waals surface area (Å²) in [5, 5.41) is 20.9. The fraction of sp³-hybridized carbons (Fsp3) is 0.333. The Morgan fingerprint density at radius 3 is 2.73 bits per heavy atom. The molecule has 1 heterocycles. The molecule has 3 rings (SSSR count). The van der Waals surface area contributed by atoms with Crippen molar-refractivity contribution in [3.63, 3.8) is 0 Å². The molecule has 0 amide bonds. The van der Waals surface area contributed by atoms with Crippen LogP contribution in [0.1, 0.15) is 38.2 Å². The van der Waals surface area contributed by atoms with Crippen molar-refractivity contribution in [2.45, 2.75) is 32.6 Å². The Hall–Kier alpha value is -2.85. The largest absolute Gasteiger partial charge is 0.444 e. The molecular weight excluding hydrogens is 358 g/mol. The lowest BCUT2D eigenvalue weighted by Gasteiger charge is -2.37. The average Bonchev–Trinajstić information content (AvgIpc) is 2.52. The number of nitrogens with two attached hydrogens (primary N) is 1. The first-order valence-electron chi connectivity index (χ1n) is 7.92. The van der Waals surface area contributed by atoms with Crippen LogP contribution in [0.3, 0.4) is 0 Å². The minimum absolute atomic E-state index is 0.0270. The first-order chi connectivity index (χ1) is 12.1. The molecule has 0 radical (unpaired) electrons. The number of hydrogen-bond acceptors (Lipinski definition) is 6. The Morgan fingerprint density at radius 2 is 2.12 bits per heavy atom. The Labute approximate surface area is 154 Å². The van der Waals surface area contributed by atoms with Crippen molar-refractivity contribution in [3.8, 4) is 6.07 Å². The van der Waals surface area contributed by atoms with Gasteiger partial charge in [0.2, 0.25) is 5.88 Å². The highest BCUT2D eigenvalue weighted by molar-refractivity contribution is 6.31. The van der Waals surface area contributed by atoms with Crippen LogP contribution in [0.2, 0.25) is 5.02 Å². The van der Waals surface area contributed by atoms with E-state index in [2.05, 4.69) is 0 Å². The minimum atomic E-state index is -0.875. The molecule has 0 bridgehead atoms. The summed E-state index contributed by atoms with van der Waals surface area (Å²) in [6.07, 6.45) is 0.743. The average molecular weight is 374 g/mol. The topological polar surface area (TPSA) is 119 Å². The van der Waals surface area contributed by atoms with Crippen LogP contribution in [0.25, 0.3) is 0 Å². The molecule has 0 spiro atoms. The van der Waals surface area contributed by atoms with E-state index in [0.29, 0.717) is 23.3 Å². The highest BCUT2D eigenvalue weighted by atomic mass is 35.5. The number of carbonyl (C=O) groups is 1. The smallest absolute Gasteiger partial charge is 0.269 e. The number of nitro groups is 1. The normalized spacial score (nSPS) is 21.8. The molecule has 1 atom stereocenters. The van der Waals surface area contributed by atoms with E-state index >= 15 is 0 Å². The van der Waals surface area contributed by atoms with Gasteiger partial charge in [-0.2, -0.15) is 5.26 Å². The van der Waals surface area contributed by atoms with Gasteiger partial charge >= 0.3 is 0 Å². The second-order valence-electron chi connectivity index (χ2n) is 7.17. The van der Waals surface area contributed by atoms with E-state index in [4.69, 9.17) is 22.1 Å². The van der Waals surface area contributed by atoms with Crippen molar-refractivity contribution in [3.05, 3.63) is 61.7 Å². The number of Topliss-reactive ketones (excluding diaryl/α,β-unsaturated/α-hetero) is 1. The standard InChI is InChI=1S/C18H16ClN3O4/c1-18(2)6-13(23)16-14(7-18)26-17(21)11(8-20)15(16)10-5-9(22(24)25)3-4-12(10)19/h3-5,15H,6-7,21H2,1-2H3/t15-/m1/s1. The maximum absolute atomic E-state index is 12.8. The number of non-ortho nitro benzene ring substituents is 1. The first-order valence-corrected chi connectivity index (χ1v) is 8.30. The van der Waals surface area contributed by atoms with Gasteiger partial charge in [-0.05, 0) is 17.0 Å². The van der Waals surface area contributed by atoms with Crippen LogP contribution in [-0.2, 0) is 9.53 Å². The molecule has 0 saturated carbocycles. The van der Waals surface area contributed by atoms with Gasteiger partial charge in [-0.15, -0.1) is 0 Å². The molecule has 2 aliphatic rings. The van der Waals surface area contributed by atoms with E-state index in [9.17, 15) is 20.2 Å². The monoisotopic (exact) mass is 373 g/mol. The number of carbonyl (C=O) groups excluding carboxylic acids is 1. The molecule has 134 valence electrons. The Kier molecular flexibility index (Phi) is 4.24. The summed E-state index contributed by atoms with van der Waals surface area (Å²) in [6, 6.07) is 5.90. The molecule has 8 heteroatoms. The summed E-state index contributed by atoms with van der Waals surface area (Å²) in [6.45, 7) is 3.88. The SMILES string of the molecule is CC1(C)CC(=O)C2=C(C1)OC(N)=C(C#N)[C@H]2c1cc([N+](=O)[O-])ccc1Cl. The van der Waals surface area contributed by atoms with Crippen molar-refractivity contribution in [1.29, 1.82) is 5.26 Å². The first kappa shape index (κ1) is 18.0. The summed E-state index contributed by atoms with van der Waals surface area (Å²) in [7, 11) is 0. The highest BCUT2D eigenvalue weighted by Crippen LogP contribution is 2.49. The van der Waals surface area contributed by atoms with Crippen molar-refractivity contribution < 1.29 is 14.5 Å². The van der Waals surface area contributed by atoms with Gasteiger partial charge in [-0.3, -0.25) is 14.9 Å². The van der Waals surface area contributed by atoms with Gasteiger partial charge in [0.25, 0.3) is 5.69 Å². The van der Waals surface area contributed by atoms with E-state index in [1.54, 1.807) is 0 Å². The van der Waals surface area contributed by atoms with E-state index in [0.717, 1.165) is 0 Å². The lowest BCUT2D eigenvalue weighted by Crippen LogP contribution is -2.33. The Balaban J connectivity index is 2.25. The maximum Gasteiger partial charge on any atom is 0.269 e. The summed E-state index contributed by atoms with van der Waals surface area (Å²) < 4.78 is 5.59. The number of nitro benzene ring substituents is 1. The quantitative estimate of drug-likeness (QED) is 0.623. The molecule has 1 aliphatic heterocycles. The molecule has 7 nitrogen and oxygen atoms in total. The number of halogens is 1. The summed E-state index contributed by atoms with van der Waals surface area (Å²) >= 11 is 6.27. The van der Waals surface area contributed by atoms with Crippen molar-refractivity contribution in [2.24, 2.45) is 11.1 Å². The molecular formula is C18H16ClN3O4. The second-order valence-corrected chi connectivity index (χ2v) is 7.57. The van der Waals surface area contributed by atoms with Gasteiger partial charge in [0.1, 0.15) is 17.4 Å². The van der Waals surface area contributed by atoms with Gasteiger partial charge < -0.3 is 10.5 Å². The minimum Gasteiger partial charge on any atom is -0.444 e. The van der Waals surface area contributed by atoms with E-state index in [1.165, 1.54) is 18.2 Å². The predicted octanol–water partition coefficient (Wildman–Crippen LogP) is 3.70. The molecule has 26 heavy (non-hydrogen) atoms. The molecule has 0 saturated heterocycles. The third kappa shape index (κ3) is 2.93. The summed E-state index contributed by atoms with van der Waals surface area (Å²) in [5.41, 5.74) is 6.05. The number of allylic oxidation sites excluding steroid dienone is 3. The van der Waals surface area contributed by atoms with Gasteiger partial charge in [-0.25, -0.2) is 0 Å². The molecule has 1 aliphatic carbocycles. The van der Waals surface area contributed by atoms with Gasteiger partial charge in [0.05, 0.1) is 10.8 Å². The Morgan fingerprint density at radius 1 is 1.42 bits per heavy atom. The van der Waals surface area contributed by atoms with Gasteiger partial charge in [-0.1, -0.05) is 25.4 Å². The van der Waals surface area contributed by atoms with Crippen LogP contribution in [0.15, 0.2) is 41.0 Å². The van der Waals surface area contributed by atoms with Crippen LogP contribution >= 0.6 is 11.6 Å². The lowest BCUT2D eigenvalue weighted by molar-refractivity contribution is -0.384. The fourth-order valence-electron chi connectivity index (χ4n) is 3.46. The van der Waals surface area contributed by atoms with Crippen LogP contribution < -0.4 is 5.73 Å². The maximum atomic E-state index is 12.8. The number of nitriles is 1. The Bertz CT molecular complexity index is 940. The number of nitrogens with zero attached hydrogens (tertiary/aromatic N) is 2. The van der Waals surface area contributed by atoms with Crippen molar-refractivity contribution in [2.75, 3.05) is 0 Å². The van der Waals surface area contributed by atoms with E-state index < -0.39 is 10.8 Å². The van der Waals surface area contributed by atoms with Crippen LogP contribution in [-0.4, -0.2) is 10.7 Å². The van der Waals surface area contributed by atoms with E-state index in [-0.39, 0.29) is 39.8 Å².